The summed E-state index contributed by atoms with van der Waals surface area (Å²) in [7, 11) is 1.62. The predicted octanol–water partition coefficient (Wildman–Crippen LogP) is 3.73. The number of hydrogen-bond donors (Lipinski definition) is 4. The van der Waals surface area contributed by atoms with E-state index in [0.29, 0.717) is 5.75 Å². The molecule has 1 saturated heterocycles. The van der Waals surface area contributed by atoms with Gasteiger partial charge in [0.15, 0.2) is 11.2 Å². The molecule has 1 aliphatic rings. The van der Waals surface area contributed by atoms with Gasteiger partial charge in [0.1, 0.15) is 23.1 Å². The first kappa shape index (κ1) is 27.4. The molecule has 0 saturated carbocycles. The van der Waals surface area contributed by atoms with Gasteiger partial charge < -0.3 is 25.0 Å². The minimum atomic E-state index is -1.33. The summed E-state index contributed by atoms with van der Waals surface area (Å²) in [5.74, 6) is 0.913. The second-order valence-electron chi connectivity index (χ2n) is 10.2. The number of ether oxygens (including phenoxy) is 2. The predicted molar refractivity (Wildman–Crippen MR) is 158 cm³/mol. The molecule has 5 aromatic rings. The molecule has 214 valence electrons. The molecule has 3 heterocycles. The molecular formula is C32H31N5O5. The lowest BCUT2D eigenvalue weighted by molar-refractivity contribution is -0.0953. The Morgan fingerprint density at radius 3 is 2.26 bits per heavy atom. The number of hydrogen-bond acceptors (Lipinski definition) is 8. The van der Waals surface area contributed by atoms with E-state index in [9.17, 15) is 15.0 Å². The van der Waals surface area contributed by atoms with Crippen molar-refractivity contribution in [3.05, 3.63) is 131 Å². The maximum Gasteiger partial charge on any atom is 0.280 e. The van der Waals surface area contributed by atoms with Crippen molar-refractivity contribution in [3.8, 4) is 5.75 Å². The van der Waals surface area contributed by atoms with Crippen LogP contribution in [0.25, 0.3) is 11.2 Å². The minimum absolute atomic E-state index is 0.119. The van der Waals surface area contributed by atoms with Crippen LogP contribution >= 0.6 is 0 Å². The fourth-order valence-corrected chi connectivity index (χ4v) is 5.64. The van der Waals surface area contributed by atoms with Crippen LogP contribution in [0.4, 0.5) is 5.95 Å². The Morgan fingerprint density at radius 1 is 1.10 bits per heavy atom. The van der Waals surface area contributed by atoms with Crippen LogP contribution in [0, 0.1) is 0 Å². The number of methoxy groups -OCH3 is 1. The zero-order valence-corrected chi connectivity index (χ0v) is 23.0. The van der Waals surface area contributed by atoms with E-state index in [1.54, 1.807) is 11.7 Å². The van der Waals surface area contributed by atoms with Crippen LogP contribution in [0.3, 0.4) is 0 Å². The van der Waals surface area contributed by atoms with Crippen LogP contribution in [-0.4, -0.2) is 55.2 Å². The SMILES string of the molecule is C=C[C@]1(CO)O[C@@H](n2cnc3c(=O)[nH]c(NC(c4ccccc4)(c4ccccc4)c4ccc(OC)cc4)nc32)C[C@@H]1O. The van der Waals surface area contributed by atoms with Crippen molar-refractivity contribution in [2.75, 3.05) is 19.0 Å². The number of aromatic amines is 1. The first-order valence-electron chi connectivity index (χ1n) is 13.5. The van der Waals surface area contributed by atoms with E-state index in [1.165, 1.54) is 12.4 Å². The smallest absolute Gasteiger partial charge is 0.280 e. The molecule has 10 nitrogen and oxygen atoms in total. The van der Waals surface area contributed by atoms with E-state index in [4.69, 9.17) is 14.5 Å². The number of rotatable bonds is 9. The van der Waals surface area contributed by atoms with Crippen molar-refractivity contribution in [1.29, 1.82) is 0 Å². The molecule has 1 fully saturated rings. The second kappa shape index (κ2) is 10.9. The molecular weight excluding hydrogens is 534 g/mol. The van der Waals surface area contributed by atoms with Crippen LogP contribution in [0.2, 0.25) is 0 Å². The summed E-state index contributed by atoms with van der Waals surface area (Å²) in [5.41, 5.74) is 0.359. The molecule has 0 bridgehead atoms. The number of aromatic nitrogens is 4. The van der Waals surface area contributed by atoms with Crippen LogP contribution in [0.15, 0.2) is 109 Å². The van der Waals surface area contributed by atoms with Gasteiger partial charge in [0.05, 0.1) is 26.1 Å². The lowest BCUT2D eigenvalue weighted by Gasteiger charge is -2.37. The average Bonchev–Trinajstić information content (AvgIpc) is 3.62. The highest BCUT2D eigenvalue weighted by Gasteiger charge is 2.47. The summed E-state index contributed by atoms with van der Waals surface area (Å²) in [6.07, 6.45) is 1.27. The third-order valence-electron chi connectivity index (χ3n) is 7.92. The lowest BCUT2D eigenvalue weighted by Crippen LogP contribution is -2.40. The molecule has 3 atom stereocenters. The normalized spacial score (nSPS) is 20.5. The Bertz CT molecular complexity index is 1710. The van der Waals surface area contributed by atoms with E-state index in [2.05, 4.69) is 21.9 Å². The molecule has 10 heteroatoms. The highest BCUT2D eigenvalue weighted by atomic mass is 16.6. The summed E-state index contributed by atoms with van der Waals surface area (Å²) in [6.45, 7) is 3.28. The van der Waals surface area contributed by atoms with Gasteiger partial charge in [0.2, 0.25) is 5.95 Å². The van der Waals surface area contributed by atoms with Gasteiger partial charge in [-0.15, -0.1) is 6.58 Å². The first-order valence-corrected chi connectivity index (χ1v) is 13.5. The number of aliphatic hydroxyl groups is 2. The fraction of sp³-hybridized carbons (Fsp3) is 0.219. The Morgan fingerprint density at radius 2 is 1.71 bits per heavy atom. The number of fused-ring (bicyclic) bond motifs is 1. The Balaban J connectivity index is 1.52. The molecule has 0 unspecified atom stereocenters. The molecule has 0 radical (unpaired) electrons. The Hall–Kier alpha value is -4.77. The lowest BCUT2D eigenvalue weighted by atomic mass is 9.77. The van der Waals surface area contributed by atoms with Gasteiger partial charge in [-0.25, -0.2) is 4.98 Å². The van der Waals surface area contributed by atoms with E-state index in [0.717, 1.165) is 16.7 Å². The van der Waals surface area contributed by atoms with Gasteiger partial charge in [-0.1, -0.05) is 78.9 Å². The molecule has 0 aliphatic carbocycles. The molecule has 1 aliphatic heterocycles. The second-order valence-corrected chi connectivity index (χ2v) is 10.2. The van der Waals surface area contributed by atoms with Crippen molar-refractivity contribution in [3.63, 3.8) is 0 Å². The summed E-state index contributed by atoms with van der Waals surface area (Å²) in [4.78, 5) is 25.3. The highest BCUT2D eigenvalue weighted by Crippen LogP contribution is 2.41. The van der Waals surface area contributed by atoms with E-state index in [-0.39, 0.29) is 23.5 Å². The quantitative estimate of drug-likeness (QED) is 0.157. The largest absolute Gasteiger partial charge is 0.497 e. The number of benzene rings is 3. The van der Waals surface area contributed by atoms with Crippen molar-refractivity contribution in [1.82, 2.24) is 19.5 Å². The van der Waals surface area contributed by atoms with E-state index < -0.39 is 35.6 Å². The van der Waals surface area contributed by atoms with Crippen molar-refractivity contribution >= 4 is 17.1 Å². The van der Waals surface area contributed by atoms with Crippen LogP contribution < -0.4 is 15.6 Å². The number of nitrogens with zero attached hydrogens (tertiary/aromatic N) is 3. The van der Waals surface area contributed by atoms with Crippen molar-refractivity contribution in [2.24, 2.45) is 0 Å². The molecule has 2 aromatic heterocycles. The van der Waals surface area contributed by atoms with Gasteiger partial charge in [-0.05, 0) is 28.8 Å². The van der Waals surface area contributed by atoms with Gasteiger partial charge >= 0.3 is 0 Å². The Kier molecular flexibility index (Phi) is 7.11. The summed E-state index contributed by atoms with van der Waals surface area (Å²) < 4.78 is 13.1. The number of aliphatic hydroxyl groups excluding tert-OH is 2. The number of imidazole rings is 1. The molecule has 6 rings (SSSR count). The van der Waals surface area contributed by atoms with Crippen molar-refractivity contribution < 1.29 is 19.7 Å². The minimum Gasteiger partial charge on any atom is -0.497 e. The third kappa shape index (κ3) is 4.46. The van der Waals surface area contributed by atoms with Gasteiger partial charge in [0, 0.05) is 6.42 Å². The molecule has 3 aromatic carbocycles. The van der Waals surface area contributed by atoms with E-state index >= 15 is 0 Å². The molecule has 0 amide bonds. The topological polar surface area (TPSA) is 135 Å². The van der Waals surface area contributed by atoms with Gasteiger partial charge in [-0.2, -0.15) is 4.98 Å². The number of H-pyrrole nitrogens is 1. The summed E-state index contributed by atoms with van der Waals surface area (Å²) >= 11 is 0. The fourth-order valence-electron chi connectivity index (χ4n) is 5.64. The standard InChI is InChI=1S/C32H31N5O5/c1-3-31(19-38)25(39)18-26(42-31)37-20-33-27-28(37)34-30(35-29(27)40)36-32(21-10-6-4-7-11-21,22-12-8-5-9-13-22)23-14-16-24(41-2)17-15-23/h3-17,20,25-26,38-39H,1,18-19H2,2H3,(H2,34,35,36,40)/t25-,26+,31+/m0/s1. The maximum atomic E-state index is 13.3. The van der Waals surface area contributed by atoms with Gasteiger partial charge in [-0.3, -0.25) is 14.3 Å². The van der Waals surface area contributed by atoms with Crippen LogP contribution in [0.5, 0.6) is 5.75 Å². The van der Waals surface area contributed by atoms with Crippen LogP contribution in [-0.2, 0) is 10.3 Å². The van der Waals surface area contributed by atoms with E-state index in [1.807, 2.05) is 84.9 Å². The van der Waals surface area contributed by atoms with Crippen molar-refractivity contribution in [2.45, 2.75) is 29.9 Å². The summed E-state index contributed by atoms with van der Waals surface area (Å²) in [5, 5.41) is 24.2. The molecule has 4 N–H and O–H groups in total. The van der Waals surface area contributed by atoms with Crippen LogP contribution in [0.1, 0.15) is 29.3 Å². The maximum absolute atomic E-state index is 13.3. The number of nitrogens with one attached hydrogen (secondary N) is 2. The summed E-state index contributed by atoms with van der Waals surface area (Å²) in [6, 6.07) is 27.5. The monoisotopic (exact) mass is 565 g/mol. The number of anilines is 1. The third-order valence-corrected chi connectivity index (χ3v) is 7.92. The first-order chi connectivity index (χ1) is 20.4. The average molecular weight is 566 g/mol. The molecule has 0 spiro atoms. The zero-order valence-electron chi connectivity index (χ0n) is 23.0. The Labute approximate surface area is 241 Å². The zero-order chi connectivity index (χ0) is 29.3. The highest BCUT2D eigenvalue weighted by molar-refractivity contribution is 5.71. The molecule has 42 heavy (non-hydrogen) atoms. The van der Waals surface area contributed by atoms with Gasteiger partial charge in [0.25, 0.3) is 5.56 Å².